The largest absolute Gasteiger partial charge is 0.497 e. The number of fused-ring (bicyclic) bond motifs is 1. The van der Waals surface area contributed by atoms with Crippen LogP contribution < -0.4 is 10.3 Å². The minimum absolute atomic E-state index is 0.0704. The van der Waals surface area contributed by atoms with E-state index >= 15 is 0 Å². The van der Waals surface area contributed by atoms with Gasteiger partial charge in [-0.2, -0.15) is 0 Å². The average Bonchev–Trinajstić information content (AvgIpc) is 3.20. The summed E-state index contributed by atoms with van der Waals surface area (Å²) in [6.45, 7) is 2.04. The minimum Gasteiger partial charge on any atom is -0.497 e. The summed E-state index contributed by atoms with van der Waals surface area (Å²) in [4.78, 5) is 30.9. The third-order valence-corrected chi connectivity index (χ3v) is 5.83. The van der Waals surface area contributed by atoms with E-state index in [0.29, 0.717) is 21.5 Å². The molecular formula is C23H20N2O3S. The zero-order valence-electron chi connectivity index (χ0n) is 16.2. The van der Waals surface area contributed by atoms with E-state index < -0.39 is 0 Å². The number of methoxy groups -OCH3 is 1. The monoisotopic (exact) mass is 404 g/mol. The van der Waals surface area contributed by atoms with Gasteiger partial charge in [-0.1, -0.05) is 43.3 Å². The number of hydrogen-bond acceptors (Lipinski definition) is 5. The fraction of sp³-hybridized carbons (Fsp3) is 0.174. The smallest absolute Gasteiger partial charge is 0.263 e. The molecule has 0 amide bonds. The highest BCUT2D eigenvalue weighted by molar-refractivity contribution is 7.17. The van der Waals surface area contributed by atoms with Crippen LogP contribution >= 0.6 is 11.3 Å². The van der Waals surface area contributed by atoms with Crippen LogP contribution in [-0.2, 0) is 13.0 Å². The Balaban J connectivity index is 1.71. The van der Waals surface area contributed by atoms with Gasteiger partial charge in [0.2, 0.25) is 0 Å². The van der Waals surface area contributed by atoms with Gasteiger partial charge in [0.05, 0.1) is 25.4 Å². The van der Waals surface area contributed by atoms with E-state index in [1.165, 1.54) is 27.8 Å². The van der Waals surface area contributed by atoms with Gasteiger partial charge in [-0.05, 0) is 29.7 Å². The molecule has 0 atom stereocenters. The number of carbonyl (C=O) groups is 1. The number of ether oxygens (including phenoxy) is 1. The number of carbonyl (C=O) groups excluding carboxylic acids is 1. The highest BCUT2D eigenvalue weighted by atomic mass is 32.1. The summed E-state index contributed by atoms with van der Waals surface area (Å²) < 4.78 is 6.55. The quantitative estimate of drug-likeness (QED) is 0.441. The third kappa shape index (κ3) is 3.71. The van der Waals surface area contributed by atoms with Gasteiger partial charge in [-0.3, -0.25) is 14.2 Å². The molecule has 2 aromatic carbocycles. The first kappa shape index (κ1) is 19.1. The predicted molar refractivity (Wildman–Crippen MR) is 116 cm³/mol. The Labute approximate surface area is 172 Å². The molecule has 0 saturated heterocycles. The zero-order chi connectivity index (χ0) is 20.4. The number of thiophene rings is 1. The molecule has 2 aromatic heterocycles. The van der Waals surface area contributed by atoms with Crippen molar-refractivity contribution < 1.29 is 9.53 Å². The number of nitrogens with zero attached hydrogens (tertiary/aromatic N) is 2. The van der Waals surface area contributed by atoms with E-state index in [1.807, 2.05) is 17.5 Å². The Kier molecular flexibility index (Phi) is 5.27. The van der Waals surface area contributed by atoms with Crippen molar-refractivity contribution in [1.82, 2.24) is 9.55 Å². The number of benzene rings is 2. The second kappa shape index (κ2) is 8.01. The Morgan fingerprint density at radius 1 is 1.17 bits per heavy atom. The summed E-state index contributed by atoms with van der Waals surface area (Å²) in [5.74, 6) is 0.434. The van der Waals surface area contributed by atoms with Crippen molar-refractivity contribution in [2.24, 2.45) is 0 Å². The van der Waals surface area contributed by atoms with E-state index in [-0.39, 0.29) is 17.9 Å². The van der Waals surface area contributed by atoms with E-state index in [1.54, 1.807) is 31.4 Å². The lowest BCUT2D eigenvalue weighted by Crippen LogP contribution is -2.24. The van der Waals surface area contributed by atoms with Gasteiger partial charge in [0.15, 0.2) is 5.78 Å². The van der Waals surface area contributed by atoms with Gasteiger partial charge in [-0.15, -0.1) is 11.3 Å². The van der Waals surface area contributed by atoms with Crippen LogP contribution in [0, 0.1) is 0 Å². The van der Waals surface area contributed by atoms with Crippen LogP contribution in [0.2, 0.25) is 0 Å². The molecule has 29 heavy (non-hydrogen) atoms. The molecule has 2 heterocycles. The molecule has 0 fully saturated rings. The molecule has 5 nitrogen and oxygen atoms in total. The first-order valence-corrected chi connectivity index (χ1v) is 10.2. The maximum atomic E-state index is 13.1. The Bertz CT molecular complexity index is 1240. The predicted octanol–water partition coefficient (Wildman–Crippen LogP) is 4.58. The van der Waals surface area contributed by atoms with E-state index in [9.17, 15) is 9.59 Å². The van der Waals surface area contributed by atoms with Crippen LogP contribution in [-0.4, -0.2) is 22.4 Å². The summed E-state index contributed by atoms with van der Waals surface area (Å²) in [7, 11) is 1.55. The maximum Gasteiger partial charge on any atom is 0.263 e. The molecule has 0 aliphatic carbocycles. The molecule has 4 aromatic rings. The molecule has 4 rings (SSSR count). The average molecular weight is 404 g/mol. The molecule has 0 bridgehead atoms. The third-order valence-electron chi connectivity index (χ3n) is 4.94. The number of aromatic nitrogens is 2. The summed E-state index contributed by atoms with van der Waals surface area (Å²) in [6, 6.07) is 15.1. The highest BCUT2D eigenvalue weighted by Gasteiger charge is 2.15. The van der Waals surface area contributed by atoms with Crippen LogP contribution in [0.3, 0.4) is 0 Å². The highest BCUT2D eigenvalue weighted by Crippen LogP contribution is 2.30. The molecule has 0 unspecified atom stereocenters. The number of hydrogen-bond donors (Lipinski definition) is 0. The van der Waals surface area contributed by atoms with E-state index in [0.717, 1.165) is 17.5 Å². The number of rotatable bonds is 6. The Hall–Kier alpha value is -3.25. The molecule has 0 spiro atoms. The van der Waals surface area contributed by atoms with Crippen LogP contribution in [0.15, 0.2) is 65.0 Å². The molecule has 0 radical (unpaired) electrons. The van der Waals surface area contributed by atoms with Gasteiger partial charge in [-0.25, -0.2) is 4.98 Å². The molecule has 146 valence electrons. The van der Waals surface area contributed by atoms with Crippen molar-refractivity contribution >= 4 is 27.3 Å². The van der Waals surface area contributed by atoms with Gasteiger partial charge in [0, 0.05) is 16.5 Å². The number of aryl methyl sites for hydroxylation is 1. The van der Waals surface area contributed by atoms with Gasteiger partial charge < -0.3 is 4.74 Å². The fourth-order valence-electron chi connectivity index (χ4n) is 3.26. The van der Waals surface area contributed by atoms with Crippen molar-refractivity contribution in [1.29, 1.82) is 0 Å². The molecular weight excluding hydrogens is 384 g/mol. The minimum atomic E-state index is -0.206. The topological polar surface area (TPSA) is 61.2 Å². The maximum absolute atomic E-state index is 13.1. The summed E-state index contributed by atoms with van der Waals surface area (Å²) in [6.07, 6.45) is 2.41. The fourth-order valence-corrected chi connectivity index (χ4v) is 4.16. The van der Waals surface area contributed by atoms with Crippen molar-refractivity contribution in [3.8, 4) is 16.9 Å². The molecule has 0 N–H and O–H groups in total. The molecule has 0 aliphatic heterocycles. The van der Waals surface area contributed by atoms with E-state index in [4.69, 9.17) is 4.74 Å². The van der Waals surface area contributed by atoms with E-state index in [2.05, 4.69) is 24.0 Å². The lowest BCUT2D eigenvalue weighted by molar-refractivity contribution is 0.0970. The van der Waals surface area contributed by atoms with Crippen molar-refractivity contribution in [2.75, 3.05) is 7.11 Å². The number of Topliss-reactive ketones (excluding diaryl/α,β-unsaturated/α-hetero) is 1. The zero-order valence-corrected chi connectivity index (χ0v) is 17.0. The van der Waals surface area contributed by atoms with Crippen LogP contribution in [0.1, 0.15) is 22.8 Å². The molecule has 6 heteroatoms. The van der Waals surface area contributed by atoms with Crippen LogP contribution in [0.5, 0.6) is 5.75 Å². The first-order chi connectivity index (χ1) is 14.1. The normalized spacial score (nSPS) is 11.0. The number of ketones is 1. The van der Waals surface area contributed by atoms with Gasteiger partial charge >= 0.3 is 0 Å². The molecule has 0 saturated carbocycles. The summed E-state index contributed by atoms with van der Waals surface area (Å²) >= 11 is 1.44. The van der Waals surface area contributed by atoms with Crippen molar-refractivity contribution in [3.63, 3.8) is 0 Å². The summed E-state index contributed by atoms with van der Waals surface area (Å²) in [5, 5.41) is 2.51. The Morgan fingerprint density at radius 3 is 2.69 bits per heavy atom. The first-order valence-electron chi connectivity index (χ1n) is 9.34. The van der Waals surface area contributed by atoms with Crippen molar-refractivity contribution in [2.45, 2.75) is 19.9 Å². The van der Waals surface area contributed by atoms with Crippen molar-refractivity contribution in [3.05, 3.63) is 81.7 Å². The van der Waals surface area contributed by atoms with Gasteiger partial charge in [0.1, 0.15) is 10.6 Å². The second-order valence-electron chi connectivity index (χ2n) is 6.71. The lowest BCUT2D eigenvalue weighted by atomic mass is 10.0. The van der Waals surface area contributed by atoms with Crippen LogP contribution in [0.4, 0.5) is 0 Å². The van der Waals surface area contributed by atoms with Crippen LogP contribution in [0.25, 0.3) is 21.3 Å². The second-order valence-corrected chi connectivity index (χ2v) is 7.57. The summed E-state index contributed by atoms with van der Waals surface area (Å²) in [5.41, 5.74) is 3.37. The van der Waals surface area contributed by atoms with Gasteiger partial charge in [0.25, 0.3) is 5.56 Å². The Morgan fingerprint density at radius 2 is 1.97 bits per heavy atom. The molecule has 0 aliphatic rings. The SMILES string of the molecule is CCc1ccc(-c2csc3ncn(CC(=O)c4cccc(OC)c4)c(=O)c23)cc1. The lowest BCUT2D eigenvalue weighted by Gasteiger charge is -2.07. The standard InChI is InChI=1S/C23H20N2O3S/c1-3-15-7-9-16(10-8-15)19-13-29-22-21(19)23(27)25(14-24-22)12-20(26)17-5-4-6-18(11-17)28-2/h4-11,13-14H,3,12H2,1-2H3.